The van der Waals surface area contributed by atoms with Crippen LogP contribution < -0.4 is 0 Å². The van der Waals surface area contributed by atoms with Crippen molar-refractivity contribution < 1.29 is 9.21 Å². The summed E-state index contributed by atoms with van der Waals surface area (Å²) < 4.78 is 6.44. The Bertz CT molecular complexity index is 493. The number of rotatable bonds is 4. The molecule has 0 aliphatic carbocycles. The summed E-state index contributed by atoms with van der Waals surface area (Å²) in [7, 11) is 0. The number of hydrogen-bond donors (Lipinski definition) is 0. The fourth-order valence-corrected chi connectivity index (χ4v) is 1.87. The third-order valence-electron chi connectivity index (χ3n) is 2.13. The summed E-state index contributed by atoms with van der Waals surface area (Å²) in [5.41, 5.74) is 1.12. The lowest BCUT2D eigenvalue weighted by molar-refractivity contribution is -0.107. The van der Waals surface area contributed by atoms with E-state index in [1.165, 1.54) is 0 Å². The van der Waals surface area contributed by atoms with Crippen molar-refractivity contribution in [1.82, 2.24) is 4.98 Å². The molecule has 0 bridgehead atoms. The number of carbonyl (C=O) groups is 1. The highest BCUT2D eigenvalue weighted by atomic mass is 79.9. The lowest BCUT2D eigenvalue weighted by Gasteiger charge is -1.97. The van der Waals surface area contributed by atoms with E-state index >= 15 is 0 Å². The van der Waals surface area contributed by atoms with Gasteiger partial charge in [0.25, 0.3) is 0 Å². The van der Waals surface area contributed by atoms with E-state index in [1.54, 1.807) is 6.20 Å². The quantitative estimate of drug-likeness (QED) is 0.809. The molecular weight excluding hydrogens is 270 g/mol. The van der Waals surface area contributed by atoms with Gasteiger partial charge in [0, 0.05) is 10.9 Å². The summed E-state index contributed by atoms with van der Waals surface area (Å²) in [6.07, 6.45) is 3.33. The van der Waals surface area contributed by atoms with Crippen LogP contribution in [0.5, 0.6) is 0 Å². The third-order valence-corrected chi connectivity index (χ3v) is 2.62. The van der Waals surface area contributed by atoms with E-state index in [9.17, 15) is 4.79 Å². The highest BCUT2D eigenvalue weighted by Crippen LogP contribution is 2.15. The van der Waals surface area contributed by atoms with Crippen LogP contribution in [-0.4, -0.2) is 11.3 Å². The number of benzene rings is 1. The summed E-state index contributed by atoms with van der Waals surface area (Å²) in [4.78, 5) is 14.4. The van der Waals surface area contributed by atoms with Crippen molar-refractivity contribution in [3.8, 4) is 0 Å². The molecule has 0 aliphatic rings. The summed E-state index contributed by atoms with van der Waals surface area (Å²) >= 11 is 3.41. The summed E-state index contributed by atoms with van der Waals surface area (Å²) in [5, 5.41) is 0. The van der Waals surface area contributed by atoms with Gasteiger partial charge in [-0.3, -0.25) is 0 Å². The molecule has 0 amide bonds. The summed E-state index contributed by atoms with van der Waals surface area (Å²) in [6.45, 7) is 0. The van der Waals surface area contributed by atoms with Crippen molar-refractivity contribution >= 4 is 22.2 Å². The van der Waals surface area contributed by atoms with Crippen LogP contribution in [0.25, 0.3) is 0 Å². The molecule has 0 aliphatic heterocycles. The Morgan fingerprint density at radius 1 is 1.44 bits per heavy atom. The largest absolute Gasteiger partial charge is 0.445 e. The highest BCUT2D eigenvalue weighted by molar-refractivity contribution is 9.10. The van der Waals surface area contributed by atoms with E-state index in [4.69, 9.17) is 4.42 Å². The lowest BCUT2D eigenvalue weighted by Crippen LogP contribution is -1.87. The topological polar surface area (TPSA) is 43.1 Å². The first-order chi connectivity index (χ1) is 7.78. The van der Waals surface area contributed by atoms with Crippen molar-refractivity contribution in [1.29, 1.82) is 0 Å². The van der Waals surface area contributed by atoms with Crippen molar-refractivity contribution in [3.63, 3.8) is 0 Å². The number of aromatic nitrogens is 1. The zero-order valence-corrected chi connectivity index (χ0v) is 10.1. The molecule has 82 valence electrons. The summed E-state index contributed by atoms with van der Waals surface area (Å²) in [5.74, 6) is 1.25. The van der Waals surface area contributed by atoms with Crippen LogP contribution in [0.3, 0.4) is 0 Å². The first-order valence-corrected chi connectivity index (χ1v) is 5.69. The Hall–Kier alpha value is -1.42. The Morgan fingerprint density at radius 3 is 3.06 bits per heavy atom. The van der Waals surface area contributed by atoms with Crippen LogP contribution in [-0.2, 0) is 17.6 Å². The number of aldehydes is 1. The van der Waals surface area contributed by atoms with Gasteiger partial charge in [-0.25, -0.2) is 4.98 Å². The van der Waals surface area contributed by atoms with Gasteiger partial charge in [0.2, 0.25) is 0 Å². The van der Waals surface area contributed by atoms with Crippen LogP contribution in [0.4, 0.5) is 0 Å². The Kier molecular flexibility index (Phi) is 3.51. The average molecular weight is 280 g/mol. The van der Waals surface area contributed by atoms with Gasteiger partial charge in [-0.05, 0) is 17.7 Å². The fourth-order valence-electron chi connectivity index (χ4n) is 1.43. The molecule has 0 unspecified atom stereocenters. The van der Waals surface area contributed by atoms with Crippen LogP contribution in [0.15, 0.2) is 39.4 Å². The predicted octanol–water partition coefficient (Wildman–Crippen LogP) is 2.77. The first-order valence-electron chi connectivity index (χ1n) is 4.89. The van der Waals surface area contributed by atoms with Crippen molar-refractivity contribution in [2.24, 2.45) is 0 Å². The molecule has 0 spiro atoms. The molecule has 1 aromatic heterocycles. The van der Waals surface area contributed by atoms with Crippen LogP contribution in [0.2, 0.25) is 0 Å². The Balaban J connectivity index is 2.11. The van der Waals surface area contributed by atoms with E-state index in [0.29, 0.717) is 18.1 Å². The highest BCUT2D eigenvalue weighted by Gasteiger charge is 2.04. The molecule has 0 radical (unpaired) electrons. The maximum Gasteiger partial charge on any atom is 0.198 e. The van der Waals surface area contributed by atoms with E-state index in [2.05, 4.69) is 20.9 Å². The van der Waals surface area contributed by atoms with Gasteiger partial charge in [0.15, 0.2) is 5.89 Å². The van der Waals surface area contributed by atoms with Crippen molar-refractivity contribution in [3.05, 3.63) is 52.1 Å². The maximum atomic E-state index is 10.3. The minimum atomic E-state index is 0.283. The molecule has 1 heterocycles. The third kappa shape index (κ3) is 2.79. The Labute approximate surface area is 102 Å². The van der Waals surface area contributed by atoms with E-state index in [-0.39, 0.29) is 6.42 Å². The number of hydrogen-bond acceptors (Lipinski definition) is 3. The second-order valence-corrected chi connectivity index (χ2v) is 4.31. The molecule has 2 aromatic rings. The zero-order valence-electron chi connectivity index (χ0n) is 8.52. The van der Waals surface area contributed by atoms with Gasteiger partial charge in [-0.15, -0.1) is 0 Å². The van der Waals surface area contributed by atoms with Crippen LogP contribution in [0.1, 0.15) is 17.2 Å². The van der Waals surface area contributed by atoms with Gasteiger partial charge in [0.1, 0.15) is 12.0 Å². The number of carbonyl (C=O) groups excluding carboxylic acids is 1. The van der Waals surface area contributed by atoms with Crippen LogP contribution in [0, 0.1) is 0 Å². The first kappa shape index (κ1) is 11.1. The number of halogens is 1. The number of nitrogens with zero attached hydrogens (tertiary/aromatic N) is 1. The van der Waals surface area contributed by atoms with Gasteiger partial charge in [-0.1, -0.05) is 28.1 Å². The summed E-state index contributed by atoms with van der Waals surface area (Å²) in [6, 6.07) is 7.96. The minimum absolute atomic E-state index is 0.283. The minimum Gasteiger partial charge on any atom is -0.445 e. The molecule has 1 aromatic carbocycles. The van der Waals surface area contributed by atoms with Gasteiger partial charge < -0.3 is 9.21 Å². The van der Waals surface area contributed by atoms with E-state index < -0.39 is 0 Å². The van der Waals surface area contributed by atoms with Gasteiger partial charge in [0.05, 0.1) is 12.6 Å². The maximum absolute atomic E-state index is 10.3. The molecule has 0 fully saturated rings. The fraction of sp³-hybridized carbons (Fsp3) is 0.167. The van der Waals surface area contributed by atoms with Crippen LogP contribution >= 0.6 is 15.9 Å². The smallest absolute Gasteiger partial charge is 0.198 e. The molecule has 3 nitrogen and oxygen atoms in total. The molecule has 0 saturated heterocycles. The zero-order chi connectivity index (χ0) is 11.4. The monoisotopic (exact) mass is 279 g/mol. The lowest BCUT2D eigenvalue weighted by atomic mass is 10.1. The number of oxazole rings is 1. The predicted molar refractivity (Wildman–Crippen MR) is 63.2 cm³/mol. The van der Waals surface area contributed by atoms with Crippen molar-refractivity contribution in [2.45, 2.75) is 12.8 Å². The van der Waals surface area contributed by atoms with Crippen molar-refractivity contribution in [2.75, 3.05) is 0 Å². The molecule has 0 atom stereocenters. The molecule has 0 N–H and O–H groups in total. The average Bonchev–Trinajstić information content (AvgIpc) is 2.66. The van der Waals surface area contributed by atoms with Gasteiger partial charge in [-0.2, -0.15) is 0 Å². The molecule has 4 heteroatoms. The molecule has 0 saturated carbocycles. The Morgan fingerprint density at radius 2 is 2.31 bits per heavy atom. The van der Waals surface area contributed by atoms with E-state index in [0.717, 1.165) is 16.3 Å². The molecule has 2 rings (SSSR count). The standard InChI is InChI=1S/C12H10BrNO2/c13-10-3-1-2-9(6-10)7-12-14-8-11(16-12)4-5-15/h1-3,5-6,8H,4,7H2. The molecule has 16 heavy (non-hydrogen) atoms. The molecular formula is C12H10BrNO2. The second kappa shape index (κ2) is 5.07. The normalized spacial score (nSPS) is 10.3. The van der Waals surface area contributed by atoms with Gasteiger partial charge >= 0.3 is 0 Å². The second-order valence-electron chi connectivity index (χ2n) is 3.40. The SMILES string of the molecule is O=CCc1cnc(Cc2cccc(Br)c2)o1. The van der Waals surface area contributed by atoms with E-state index in [1.807, 2.05) is 24.3 Å².